The van der Waals surface area contributed by atoms with Gasteiger partial charge in [0.15, 0.2) is 0 Å². The second-order valence-electron chi connectivity index (χ2n) is 6.22. The summed E-state index contributed by atoms with van der Waals surface area (Å²) >= 11 is 5.82. The fourth-order valence-electron chi connectivity index (χ4n) is 2.85. The van der Waals surface area contributed by atoms with E-state index in [0.717, 1.165) is 24.2 Å². The van der Waals surface area contributed by atoms with Crippen LogP contribution < -0.4 is 10.1 Å². The van der Waals surface area contributed by atoms with Crippen molar-refractivity contribution in [2.45, 2.75) is 25.8 Å². The van der Waals surface area contributed by atoms with Gasteiger partial charge in [-0.15, -0.1) is 0 Å². The minimum atomic E-state index is -0.117. The predicted molar refractivity (Wildman–Crippen MR) is 101 cm³/mol. The minimum Gasteiger partial charge on any atom is -0.493 e. The first-order valence-corrected chi connectivity index (χ1v) is 9.03. The van der Waals surface area contributed by atoms with Gasteiger partial charge >= 0.3 is 0 Å². The first-order chi connectivity index (χ1) is 12.6. The zero-order valence-corrected chi connectivity index (χ0v) is 15.2. The van der Waals surface area contributed by atoms with Crippen LogP contribution in [-0.4, -0.2) is 29.9 Å². The topological polar surface area (TPSA) is 58.6 Å². The highest BCUT2D eigenvalue weighted by atomic mass is 35.5. The molecular weight excluding hydrogens is 352 g/mol. The van der Waals surface area contributed by atoms with E-state index in [4.69, 9.17) is 16.3 Å². The maximum absolute atomic E-state index is 12.1. The highest BCUT2D eigenvalue weighted by Gasteiger charge is 2.20. The molecule has 1 N–H and O–H groups in total. The molecule has 1 aliphatic rings. The van der Waals surface area contributed by atoms with E-state index in [9.17, 15) is 9.59 Å². The first-order valence-electron chi connectivity index (χ1n) is 8.65. The number of hydrogen-bond donors (Lipinski definition) is 1. The van der Waals surface area contributed by atoms with Crippen molar-refractivity contribution in [1.82, 2.24) is 4.90 Å². The molecule has 0 aromatic heterocycles. The van der Waals surface area contributed by atoms with Crippen LogP contribution in [0.2, 0.25) is 5.02 Å². The maximum Gasteiger partial charge on any atom is 0.227 e. The normalized spacial score (nSPS) is 13.7. The van der Waals surface area contributed by atoms with Crippen molar-refractivity contribution in [2.24, 2.45) is 0 Å². The zero-order valence-electron chi connectivity index (χ0n) is 14.4. The molecule has 2 aromatic rings. The quantitative estimate of drug-likeness (QED) is 0.802. The maximum atomic E-state index is 12.1. The number of nitrogens with one attached hydrogen (secondary N) is 1. The molecule has 3 rings (SSSR count). The average Bonchev–Trinajstić information content (AvgIpc) is 3.02. The number of carbonyl (C=O) groups excluding carboxylic acids is 2. The molecule has 0 radical (unpaired) electrons. The van der Waals surface area contributed by atoms with Crippen molar-refractivity contribution in [2.75, 3.05) is 18.5 Å². The van der Waals surface area contributed by atoms with Crippen molar-refractivity contribution >= 4 is 29.1 Å². The van der Waals surface area contributed by atoms with Crippen LogP contribution in [-0.2, 0) is 16.1 Å². The van der Waals surface area contributed by atoms with E-state index in [1.54, 1.807) is 24.3 Å². The molecule has 5 nitrogen and oxygen atoms in total. The summed E-state index contributed by atoms with van der Waals surface area (Å²) in [5.41, 5.74) is 1.74. The molecule has 26 heavy (non-hydrogen) atoms. The Morgan fingerprint density at radius 3 is 2.73 bits per heavy atom. The van der Waals surface area contributed by atoms with E-state index in [1.807, 2.05) is 29.2 Å². The van der Waals surface area contributed by atoms with E-state index in [1.165, 1.54) is 0 Å². The third kappa shape index (κ3) is 5.23. The highest BCUT2D eigenvalue weighted by Crippen LogP contribution is 2.18. The molecule has 1 heterocycles. The predicted octanol–water partition coefficient (Wildman–Crippen LogP) is 3.87. The molecule has 6 heteroatoms. The van der Waals surface area contributed by atoms with Crippen molar-refractivity contribution < 1.29 is 14.3 Å². The number of carbonyl (C=O) groups is 2. The van der Waals surface area contributed by atoms with Crippen LogP contribution in [0, 0.1) is 0 Å². The lowest BCUT2D eigenvalue weighted by Crippen LogP contribution is -2.23. The lowest BCUT2D eigenvalue weighted by atomic mass is 10.2. The number of ether oxygens (including phenoxy) is 1. The number of nitrogens with zero attached hydrogens (tertiary/aromatic N) is 1. The summed E-state index contributed by atoms with van der Waals surface area (Å²) in [6, 6.07) is 14.6. The van der Waals surface area contributed by atoms with Crippen LogP contribution in [0.25, 0.3) is 0 Å². The number of benzene rings is 2. The fraction of sp³-hybridized carbons (Fsp3) is 0.300. The van der Waals surface area contributed by atoms with Crippen molar-refractivity contribution in [3.63, 3.8) is 0 Å². The summed E-state index contributed by atoms with van der Waals surface area (Å²) in [4.78, 5) is 25.7. The number of anilines is 1. The van der Waals surface area contributed by atoms with E-state index in [-0.39, 0.29) is 24.8 Å². The summed E-state index contributed by atoms with van der Waals surface area (Å²) in [6.45, 7) is 1.68. The molecule has 0 saturated carbocycles. The Morgan fingerprint density at radius 1 is 1.19 bits per heavy atom. The van der Waals surface area contributed by atoms with Gasteiger partial charge in [-0.05, 0) is 48.4 Å². The van der Waals surface area contributed by atoms with Gasteiger partial charge in [-0.1, -0.05) is 23.7 Å². The molecule has 136 valence electrons. The van der Waals surface area contributed by atoms with E-state index >= 15 is 0 Å². The van der Waals surface area contributed by atoms with Gasteiger partial charge in [0.2, 0.25) is 11.8 Å². The smallest absolute Gasteiger partial charge is 0.227 e. The molecule has 0 unspecified atom stereocenters. The number of hydrogen-bond acceptors (Lipinski definition) is 3. The Bertz CT molecular complexity index is 777. The Labute approximate surface area is 157 Å². The standard InChI is InChI=1S/C20H21ClN2O3/c21-16-6-8-18(9-7-16)26-12-10-19(24)22-17-4-1-3-15(13-17)14-23-11-2-5-20(23)25/h1,3-4,6-9,13H,2,5,10-12,14H2,(H,22,24). The summed E-state index contributed by atoms with van der Waals surface area (Å²) in [7, 11) is 0. The van der Waals surface area contributed by atoms with Gasteiger partial charge in [-0.2, -0.15) is 0 Å². The monoisotopic (exact) mass is 372 g/mol. The van der Waals surface area contributed by atoms with Crippen LogP contribution in [0.15, 0.2) is 48.5 Å². The van der Waals surface area contributed by atoms with Gasteiger partial charge in [-0.25, -0.2) is 0 Å². The Hall–Kier alpha value is -2.53. The minimum absolute atomic E-state index is 0.117. The van der Waals surface area contributed by atoms with Gasteiger partial charge in [0.1, 0.15) is 5.75 Å². The second kappa shape index (κ2) is 8.72. The number of rotatable bonds is 7. The van der Waals surface area contributed by atoms with Gasteiger partial charge in [0.25, 0.3) is 0 Å². The van der Waals surface area contributed by atoms with Crippen molar-refractivity contribution in [3.8, 4) is 5.75 Å². The number of halogens is 1. The molecule has 1 fully saturated rings. The third-order valence-corrected chi connectivity index (χ3v) is 4.42. The zero-order chi connectivity index (χ0) is 18.4. The summed E-state index contributed by atoms with van der Waals surface area (Å²) in [5, 5.41) is 3.51. The first kappa shape index (κ1) is 18.3. The third-order valence-electron chi connectivity index (χ3n) is 4.17. The van der Waals surface area contributed by atoms with E-state index < -0.39 is 0 Å². The molecule has 0 bridgehead atoms. The second-order valence-corrected chi connectivity index (χ2v) is 6.66. The number of amides is 2. The van der Waals surface area contributed by atoms with Gasteiger partial charge in [0, 0.05) is 30.2 Å². The Balaban J connectivity index is 1.47. The van der Waals surface area contributed by atoms with E-state index in [0.29, 0.717) is 23.7 Å². The highest BCUT2D eigenvalue weighted by molar-refractivity contribution is 6.30. The molecule has 2 aromatic carbocycles. The number of likely N-dealkylation sites (tertiary alicyclic amines) is 1. The molecule has 1 aliphatic heterocycles. The Morgan fingerprint density at radius 2 is 2.00 bits per heavy atom. The van der Waals surface area contributed by atoms with Crippen LogP contribution in [0.3, 0.4) is 0 Å². The van der Waals surface area contributed by atoms with Crippen LogP contribution in [0.4, 0.5) is 5.69 Å². The largest absolute Gasteiger partial charge is 0.493 e. The lowest BCUT2D eigenvalue weighted by molar-refractivity contribution is -0.128. The SMILES string of the molecule is O=C(CCOc1ccc(Cl)cc1)Nc1cccc(CN2CCCC2=O)c1. The van der Waals surface area contributed by atoms with Gasteiger partial charge in [-0.3, -0.25) is 9.59 Å². The van der Waals surface area contributed by atoms with Gasteiger partial charge < -0.3 is 15.0 Å². The van der Waals surface area contributed by atoms with Crippen LogP contribution >= 0.6 is 11.6 Å². The fourth-order valence-corrected chi connectivity index (χ4v) is 2.98. The van der Waals surface area contributed by atoms with Crippen LogP contribution in [0.5, 0.6) is 5.75 Å². The summed E-state index contributed by atoms with van der Waals surface area (Å²) in [5.74, 6) is 0.756. The molecule has 0 atom stereocenters. The van der Waals surface area contributed by atoms with Crippen molar-refractivity contribution in [3.05, 3.63) is 59.1 Å². The summed E-state index contributed by atoms with van der Waals surface area (Å²) < 4.78 is 5.53. The molecule has 0 aliphatic carbocycles. The Kier molecular flexibility index (Phi) is 6.12. The molecule has 0 spiro atoms. The van der Waals surface area contributed by atoms with Crippen molar-refractivity contribution in [1.29, 1.82) is 0 Å². The van der Waals surface area contributed by atoms with Gasteiger partial charge in [0.05, 0.1) is 13.0 Å². The average molecular weight is 373 g/mol. The lowest BCUT2D eigenvalue weighted by Gasteiger charge is -2.16. The van der Waals surface area contributed by atoms with E-state index in [2.05, 4.69) is 5.32 Å². The molecule has 1 saturated heterocycles. The molecule has 2 amide bonds. The molecular formula is C20H21ClN2O3. The van der Waals surface area contributed by atoms with Crippen LogP contribution in [0.1, 0.15) is 24.8 Å². The summed E-state index contributed by atoms with van der Waals surface area (Å²) in [6.07, 6.45) is 1.80.